The second-order valence-corrected chi connectivity index (χ2v) is 9.06. The Bertz CT molecular complexity index is 911. The predicted octanol–water partition coefficient (Wildman–Crippen LogP) is 3.71. The number of hydrogen-bond donors (Lipinski definition) is 2. The monoisotopic (exact) mass is 392 g/mol. The van der Waals surface area contributed by atoms with E-state index in [0.717, 1.165) is 4.90 Å². The number of ether oxygens (including phenoxy) is 1. The molecular weight excluding hydrogens is 372 g/mol. The Morgan fingerprint density at radius 1 is 1.23 bits per heavy atom. The summed E-state index contributed by atoms with van der Waals surface area (Å²) in [6, 6.07) is 11.5. The molecule has 0 saturated carbocycles. The fourth-order valence-electron chi connectivity index (χ4n) is 2.60. The third-order valence-electron chi connectivity index (χ3n) is 3.75. The van der Waals surface area contributed by atoms with Gasteiger partial charge in [0.15, 0.2) is 0 Å². The maximum Gasteiger partial charge on any atom is 0.261 e. The molecule has 6 nitrogen and oxygen atoms in total. The molecule has 0 bridgehead atoms. The van der Waals surface area contributed by atoms with Crippen LogP contribution in [0.5, 0.6) is 5.75 Å². The number of nitrogens with one attached hydrogen (secondary N) is 2. The van der Waals surface area contributed by atoms with Gasteiger partial charge in [-0.25, -0.2) is 8.42 Å². The first kappa shape index (κ1) is 18.6. The molecule has 26 heavy (non-hydrogen) atoms. The van der Waals surface area contributed by atoms with Crippen molar-refractivity contribution in [2.24, 2.45) is 0 Å². The zero-order valence-electron chi connectivity index (χ0n) is 14.5. The quantitative estimate of drug-likeness (QED) is 0.810. The van der Waals surface area contributed by atoms with E-state index < -0.39 is 10.0 Å². The number of hydrogen-bond acceptors (Lipinski definition) is 5. The van der Waals surface area contributed by atoms with Crippen LogP contribution in [0, 0.1) is 0 Å². The van der Waals surface area contributed by atoms with Gasteiger partial charge in [-0.05, 0) is 49.4 Å². The summed E-state index contributed by atoms with van der Waals surface area (Å²) in [4.78, 5) is 12.9. The van der Waals surface area contributed by atoms with E-state index in [1.165, 1.54) is 6.07 Å². The van der Waals surface area contributed by atoms with Crippen LogP contribution in [0.3, 0.4) is 0 Å². The molecule has 0 saturated heterocycles. The summed E-state index contributed by atoms with van der Waals surface area (Å²) in [6.07, 6.45) is 0.395. The molecule has 0 aliphatic carbocycles. The number of fused-ring (bicyclic) bond motifs is 1. The Hall–Kier alpha value is -2.19. The van der Waals surface area contributed by atoms with Crippen LogP contribution < -0.4 is 14.8 Å². The normalized spacial score (nSPS) is 17.0. The van der Waals surface area contributed by atoms with Crippen LogP contribution in [0.25, 0.3) is 0 Å². The van der Waals surface area contributed by atoms with Crippen LogP contribution in [0.1, 0.15) is 20.3 Å². The molecule has 1 atom stereocenters. The van der Waals surface area contributed by atoms with Gasteiger partial charge in [0.1, 0.15) is 5.75 Å². The molecule has 0 radical (unpaired) electrons. The highest BCUT2D eigenvalue weighted by molar-refractivity contribution is 8.00. The molecule has 2 aromatic rings. The number of carbonyl (C=O) groups is 1. The lowest BCUT2D eigenvalue weighted by Gasteiger charge is -2.12. The number of amides is 1. The number of sulfonamides is 1. The predicted molar refractivity (Wildman–Crippen MR) is 103 cm³/mol. The van der Waals surface area contributed by atoms with E-state index in [1.54, 1.807) is 48.2 Å². The van der Waals surface area contributed by atoms with Gasteiger partial charge in [0.05, 0.1) is 17.2 Å². The summed E-state index contributed by atoms with van der Waals surface area (Å²) in [5.41, 5.74) is 0.967. The zero-order chi connectivity index (χ0) is 18.7. The number of rotatable bonds is 5. The van der Waals surface area contributed by atoms with Crippen LogP contribution in [0.4, 0.5) is 11.4 Å². The van der Waals surface area contributed by atoms with Crippen LogP contribution in [0.15, 0.2) is 52.3 Å². The maximum atomic E-state index is 12.7. The minimum Gasteiger partial charge on any atom is -0.494 e. The van der Waals surface area contributed by atoms with Crippen molar-refractivity contribution in [3.8, 4) is 5.75 Å². The van der Waals surface area contributed by atoms with Crippen molar-refractivity contribution < 1.29 is 17.9 Å². The van der Waals surface area contributed by atoms with E-state index in [1.807, 2.05) is 13.8 Å². The maximum absolute atomic E-state index is 12.7. The van der Waals surface area contributed by atoms with Crippen molar-refractivity contribution in [1.29, 1.82) is 0 Å². The molecule has 0 spiro atoms. The first-order valence-electron chi connectivity index (χ1n) is 8.23. The topological polar surface area (TPSA) is 84.5 Å². The molecule has 0 fully saturated rings. The van der Waals surface area contributed by atoms with Gasteiger partial charge in [-0.15, -0.1) is 11.8 Å². The summed E-state index contributed by atoms with van der Waals surface area (Å²) < 4.78 is 33.2. The highest BCUT2D eigenvalue weighted by Gasteiger charge is 2.22. The van der Waals surface area contributed by atoms with Gasteiger partial charge in [-0.3, -0.25) is 9.52 Å². The van der Waals surface area contributed by atoms with Crippen LogP contribution in [-0.2, 0) is 14.8 Å². The minimum absolute atomic E-state index is 0.0978. The minimum atomic E-state index is -3.77. The molecule has 1 aliphatic heterocycles. The van der Waals surface area contributed by atoms with E-state index in [4.69, 9.17) is 4.74 Å². The highest BCUT2D eigenvalue weighted by atomic mass is 32.2. The highest BCUT2D eigenvalue weighted by Crippen LogP contribution is 2.36. The number of benzene rings is 2. The third-order valence-corrected chi connectivity index (χ3v) is 6.31. The van der Waals surface area contributed by atoms with Crippen molar-refractivity contribution >= 4 is 39.1 Å². The fourth-order valence-corrected chi connectivity index (χ4v) is 4.73. The Morgan fingerprint density at radius 3 is 2.65 bits per heavy atom. The van der Waals surface area contributed by atoms with E-state index in [0.29, 0.717) is 30.2 Å². The number of anilines is 2. The van der Waals surface area contributed by atoms with Gasteiger partial charge in [-0.1, -0.05) is 6.92 Å². The lowest BCUT2D eigenvalue weighted by molar-refractivity contribution is -0.116. The average molecular weight is 393 g/mol. The Kier molecular flexibility index (Phi) is 5.43. The standard InChI is InChI=1S/C18H20N2O4S2/c1-3-24-14-6-4-13(5-7-14)20-26(22,23)15-8-9-17-16(11-15)19-18(21)10-12(2)25-17/h4-9,11-12,20H,3,10H2,1-2H3,(H,19,21)/t12-/m1/s1. The lowest BCUT2D eigenvalue weighted by atomic mass is 10.3. The smallest absolute Gasteiger partial charge is 0.261 e. The summed E-state index contributed by atoms with van der Waals surface area (Å²) in [6.45, 7) is 4.40. The largest absolute Gasteiger partial charge is 0.494 e. The molecule has 3 rings (SSSR count). The van der Waals surface area contributed by atoms with Gasteiger partial charge in [0.2, 0.25) is 5.91 Å². The van der Waals surface area contributed by atoms with Crippen molar-refractivity contribution in [3.05, 3.63) is 42.5 Å². The second kappa shape index (κ2) is 7.59. The molecule has 1 aliphatic rings. The molecule has 1 amide bonds. The van der Waals surface area contributed by atoms with Gasteiger partial charge >= 0.3 is 0 Å². The summed E-state index contributed by atoms with van der Waals surface area (Å²) >= 11 is 1.55. The van der Waals surface area contributed by atoms with Gasteiger partial charge in [0.25, 0.3) is 10.0 Å². The first-order chi connectivity index (χ1) is 12.4. The van der Waals surface area contributed by atoms with E-state index in [2.05, 4.69) is 10.0 Å². The number of carbonyl (C=O) groups excluding carboxylic acids is 1. The van der Waals surface area contributed by atoms with Crippen molar-refractivity contribution in [2.75, 3.05) is 16.6 Å². The SMILES string of the molecule is CCOc1ccc(NS(=O)(=O)c2ccc3c(c2)NC(=O)C[C@@H](C)S3)cc1. The first-order valence-corrected chi connectivity index (χ1v) is 10.6. The van der Waals surface area contributed by atoms with Gasteiger partial charge in [0, 0.05) is 22.3 Å². The molecule has 138 valence electrons. The van der Waals surface area contributed by atoms with Gasteiger partial charge < -0.3 is 10.1 Å². The van der Waals surface area contributed by atoms with Crippen LogP contribution in [0.2, 0.25) is 0 Å². The van der Waals surface area contributed by atoms with Crippen molar-refractivity contribution in [2.45, 2.75) is 35.3 Å². The van der Waals surface area contributed by atoms with Crippen molar-refractivity contribution in [3.63, 3.8) is 0 Å². The Balaban J connectivity index is 1.84. The fraction of sp³-hybridized carbons (Fsp3) is 0.278. The summed E-state index contributed by atoms with van der Waals surface area (Å²) in [5, 5.41) is 2.92. The van der Waals surface area contributed by atoms with E-state index in [-0.39, 0.29) is 16.1 Å². The molecule has 2 N–H and O–H groups in total. The zero-order valence-corrected chi connectivity index (χ0v) is 16.1. The Labute approximate surface area is 157 Å². The molecule has 0 unspecified atom stereocenters. The van der Waals surface area contributed by atoms with Crippen molar-refractivity contribution in [1.82, 2.24) is 0 Å². The van der Waals surface area contributed by atoms with Crippen LogP contribution in [-0.4, -0.2) is 26.2 Å². The summed E-state index contributed by atoms with van der Waals surface area (Å²) in [5.74, 6) is 0.562. The molecule has 1 heterocycles. The van der Waals surface area contributed by atoms with E-state index in [9.17, 15) is 13.2 Å². The van der Waals surface area contributed by atoms with Crippen LogP contribution >= 0.6 is 11.8 Å². The average Bonchev–Trinajstić information content (AvgIpc) is 2.72. The number of thioether (sulfide) groups is 1. The molecule has 8 heteroatoms. The lowest BCUT2D eigenvalue weighted by Crippen LogP contribution is -2.15. The van der Waals surface area contributed by atoms with E-state index >= 15 is 0 Å². The molecular formula is C18H20N2O4S2. The third kappa shape index (κ3) is 4.31. The van der Waals surface area contributed by atoms with Gasteiger partial charge in [-0.2, -0.15) is 0 Å². The Morgan fingerprint density at radius 2 is 1.96 bits per heavy atom. The second-order valence-electron chi connectivity index (χ2n) is 5.90. The molecule has 0 aromatic heterocycles. The summed E-state index contributed by atoms with van der Waals surface area (Å²) in [7, 11) is -3.77. The molecule has 2 aromatic carbocycles.